The number of nitrogens with one attached hydrogen (secondary N) is 4. The summed E-state index contributed by atoms with van der Waals surface area (Å²) in [4.78, 5) is 87.2. The van der Waals surface area contributed by atoms with Gasteiger partial charge in [0.1, 0.15) is 5.82 Å². The van der Waals surface area contributed by atoms with Gasteiger partial charge in [-0.3, -0.25) is 54.8 Å². The standard InChI is InChI=1S/C24H28F5N3O5S.C22H24F3N3O5S.2C20H20F5N3O5S/c1-37-15-14-32-12-10-22(11-13-32,21(33)31-34)38(35,36)19-5-3-18(4-6-19)20-7-2-17(16-30-20)8-9-23(25,26)24(27,28)29;23-22(24,25)9-1-2-16-3-8-19(26-14-16)17-4-6-18(7-5-17)34(32,33)21(20(30)27-31)10-12-28(15-29)13-11-21;21-19(22,20(23,24)25)6-5-13-11-26-16(27-12-13)14-1-3-15(4-2-14)34(31,32)18(17(29)28-30)7-9-33-10-8-18;21-19(22,20(23,24)25)6-5-16-26-11-14(12-27-16)13-1-3-15(4-2-13)34(31,32)18(17(29)28-30)7-9-33-10-8-18/h2-7,16,34H,8-15H2,1H3,(H,31,33);3-8,14-15,31H,1-2,9-13H2,(H,27,30);2*1-4,11-12,30H,5-10H2,(H,28,29). The van der Waals surface area contributed by atoms with Crippen molar-refractivity contribution < 1.29 is 172 Å². The number of ether oxygens (including phenoxy) is 3. The number of amides is 5. The van der Waals surface area contributed by atoms with Crippen LogP contribution in [0.25, 0.3) is 45.0 Å². The number of likely N-dealkylation sites (tertiary alicyclic amines) is 2. The molecule has 0 spiro atoms. The highest BCUT2D eigenvalue weighted by Crippen LogP contribution is 2.46. The van der Waals surface area contributed by atoms with Crippen LogP contribution in [0.1, 0.15) is 106 Å². The summed E-state index contributed by atoms with van der Waals surface area (Å²) < 4.78 is 341. The number of hydrogen-bond acceptors (Lipinski definition) is 27. The molecular formula is C86H92F18N12O20S4. The lowest BCUT2D eigenvalue weighted by atomic mass is 9.95. The normalized spacial score (nSPS) is 16.6. The average Bonchev–Trinajstić information content (AvgIpc) is 0.757. The predicted molar refractivity (Wildman–Crippen MR) is 455 cm³/mol. The Morgan fingerprint density at radius 1 is 0.379 bits per heavy atom. The number of methoxy groups -OCH3 is 1. The number of pyridine rings is 2. The highest BCUT2D eigenvalue weighted by Gasteiger charge is 2.61. The zero-order valence-electron chi connectivity index (χ0n) is 73.5. The van der Waals surface area contributed by atoms with Gasteiger partial charge in [0.15, 0.2) is 64.2 Å². The first-order valence-electron chi connectivity index (χ1n) is 42.1. The van der Waals surface area contributed by atoms with Crippen LogP contribution in [0, 0.1) is 0 Å². The number of aryl methyl sites for hydroxylation is 4. The van der Waals surface area contributed by atoms with Gasteiger partial charge in [0.25, 0.3) is 23.6 Å². The first-order valence-corrected chi connectivity index (χ1v) is 48.1. The molecule has 0 bridgehead atoms. The molecule has 4 aliphatic rings. The van der Waals surface area contributed by atoms with Gasteiger partial charge in [0, 0.05) is 158 Å². The van der Waals surface area contributed by atoms with E-state index in [1.165, 1.54) is 161 Å². The second-order valence-corrected chi connectivity index (χ2v) is 41.6. The molecule has 4 saturated heterocycles. The molecule has 0 saturated carbocycles. The van der Waals surface area contributed by atoms with Gasteiger partial charge in [-0.1, -0.05) is 48.5 Å². The molecule has 54 heteroatoms. The molecule has 8 N–H and O–H groups in total. The van der Waals surface area contributed by atoms with Gasteiger partial charge in [-0.15, -0.1) is 0 Å². The lowest BCUT2D eigenvalue weighted by Crippen LogP contribution is -2.58. The number of piperidine rings is 2. The van der Waals surface area contributed by atoms with Gasteiger partial charge < -0.3 is 24.0 Å². The van der Waals surface area contributed by atoms with E-state index in [-0.39, 0.29) is 146 Å². The largest absolute Gasteiger partial charge is 0.453 e. The number of alkyl halides is 18. The number of nitrogens with zero attached hydrogens (tertiary/aromatic N) is 8. The van der Waals surface area contributed by atoms with E-state index in [2.05, 4.69) is 29.9 Å². The zero-order chi connectivity index (χ0) is 104. The number of aromatic nitrogens is 6. The summed E-state index contributed by atoms with van der Waals surface area (Å²) in [5.74, 6) is -18.8. The van der Waals surface area contributed by atoms with E-state index in [4.69, 9.17) is 24.6 Å². The van der Waals surface area contributed by atoms with Gasteiger partial charge in [0.2, 0.25) is 6.41 Å². The van der Waals surface area contributed by atoms with Crippen LogP contribution in [0.4, 0.5) is 79.0 Å². The number of benzene rings is 4. The Labute approximate surface area is 788 Å². The molecule has 32 nitrogen and oxygen atoms in total. The zero-order valence-corrected chi connectivity index (χ0v) is 76.8. The average molecular weight is 2080 g/mol. The Bertz CT molecular complexity index is 5830. The Morgan fingerprint density at radius 3 is 1.01 bits per heavy atom. The fourth-order valence-electron chi connectivity index (χ4n) is 15.3. The molecule has 0 radical (unpaired) electrons. The Hall–Kier alpha value is -11.1. The van der Waals surface area contributed by atoms with Crippen molar-refractivity contribution in [3.05, 3.63) is 181 Å². The summed E-state index contributed by atoms with van der Waals surface area (Å²) in [6.07, 6.45) is -21.0. The van der Waals surface area contributed by atoms with Crippen molar-refractivity contribution in [3.63, 3.8) is 0 Å². The monoisotopic (exact) mass is 2080 g/mol. The van der Waals surface area contributed by atoms with Crippen LogP contribution in [0.15, 0.2) is 178 Å². The predicted octanol–water partition coefficient (Wildman–Crippen LogP) is 12.7. The number of rotatable bonds is 32. The summed E-state index contributed by atoms with van der Waals surface area (Å²) in [6, 6.07) is 27.8. The minimum atomic E-state index is -5.66. The van der Waals surface area contributed by atoms with Gasteiger partial charge >= 0.3 is 42.5 Å². The molecule has 4 fully saturated rings. The minimum absolute atomic E-state index is 0.0137. The maximum atomic E-state index is 13.6. The highest BCUT2D eigenvalue weighted by molar-refractivity contribution is 7.94. The maximum absolute atomic E-state index is 13.6. The summed E-state index contributed by atoms with van der Waals surface area (Å²) in [5, 5.41) is 36.7. The van der Waals surface area contributed by atoms with Crippen LogP contribution in [0.5, 0.6) is 0 Å². The highest BCUT2D eigenvalue weighted by atomic mass is 32.2. The van der Waals surface area contributed by atoms with E-state index in [9.17, 15) is 147 Å². The molecule has 0 unspecified atom stereocenters. The fourth-order valence-corrected chi connectivity index (χ4v) is 23.1. The number of hydrogen-bond donors (Lipinski definition) is 8. The van der Waals surface area contributed by atoms with Crippen LogP contribution in [0.3, 0.4) is 0 Å². The van der Waals surface area contributed by atoms with E-state index in [0.29, 0.717) is 77.4 Å². The van der Waals surface area contributed by atoms with Gasteiger partial charge in [-0.05, 0) is 172 Å². The van der Waals surface area contributed by atoms with Crippen LogP contribution in [0.2, 0.25) is 0 Å². The molecule has 0 atom stereocenters. The summed E-state index contributed by atoms with van der Waals surface area (Å²) >= 11 is 0. The van der Waals surface area contributed by atoms with Gasteiger partial charge in [-0.25, -0.2) is 75.5 Å². The Balaban J connectivity index is 0.000000209. The molecule has 8 heterocycles. The molecule has 8 aromatic rings. The molecule has 766 valence electrons. The minimum Gasteiger partial charge on any atom is -0.383 e. The van der Waals surface area contributed by atoms with Crippen LogP contribution >= 0.6 is 0 Å². The number of hydroxylamine groups is 4. The molecule has 4 aromatic carbocycles. The maximum Gasteiger partial charge on any atom is 0.453 e. The van der Waals surface area contributed by atoms with Crippen molar-refractivity contribution in [2.45, 2.75) is 190 Å². The molecule has 4 aliphatic heterocycles. The number of halogens is 18. The third-order valence-corrected chi connectivity index (χ3v) is 34.0. The SMILES string of the molecule is COCCN1CCC(C(=O)NO)(S(=O)(=O)c2ccc(-c3ccc(CCC(F)(F)C(F)(F)F)cn3)cc2)CC1.O=C(NO)C1(S(=O)(=O)c2ccc(-c3cnc(CCC(F)(F)C(F)(F)F)nc3)cc2)CCOCC1.O=C(NO)C1(S(=O)(=O)c2ccc(-c3ncc(CCC(F)(F)C(F)(F)F)cn3)cc2)CCOCC1.O=CN1CCC(C(=O)NO)(S(=O)(=O)c2ccc(-c3ccc(CCCC(F)(F)F)cn3)cc2)CC1. The van der Waals surface area contributed by atoms with Crippen molar-refractivity contribution in [3.8, 4) is 45.0 Å². The quantitative estimate of drug-likeness (QED) is 0.00840. The lowest BCUT2D eigenvalue weighted by Gasteiger charge is -2.39. The summed E-state index contributed by atoms with van der Waals surface area (Å²) in [7, 11) is -15.4. The number of sulfone groups is 4. The lowest BCUT2D eigenvalue weighted by molar-refractivity contribution is -0.284. The van der Waals surface area contributed by atoms with E-state index in [1.54, 1.807) is 19.2 Å². The first kappa shape index (κ1) is 113. The molecule has 4 aromatic heterocycles. The molecule has 140 heavy (non-hydrogen) atoms. The first-order chi connectivity index (χ1) is 65.5. The topological polar surface area (TPSA) is 462 Å². The molecule has 5 amide bonds. The molecule has 12 rings (SSSR count). The van der Waals surface area contributed by atoms with Crippen LogP contribution in [-0.2, 0) is 103 Å². The fraction of sp³-hybridized carbons (Fsp3) is 0.453. The second kappa shape index (κ2) is 45.9. The van der Waals surface area contributed by atoms with E-state index < -0.39 is 169 Å². The number of carbonyl (C=O) groups excluding carboxylic acids is 5. The number of carbonyl (C=O) groups is 5. The van der Waals surface area contributed by atoms with E-state index in [1.807, 2.05) is 4.90 Å². The third kappa shape index (κ3) is 25.9. The van der Waals surface area contributed by atoms with E-state index >= 15 is 0 Å². The molecular weight excluding hydrogens is 1990 g/mol. The van der Waals surface area contributed by atoms with Crippen molar-refractivity contribution in [1.82, 2.24) is 61.6 Å². The van der Waals surface area contributed by atoms with Crippen LogP contribution in [-0.4, -0.2) is 259 Å². The van der Waals surface area contributed by atoms with Crippen molar-refractivity contribution in [2.75, 3.05) is 72.9 Å². The van der Waals surface area contributed by atoms with Crippen molar-refractivity contribution in [1.29, 1.82) is 0 Å². The van der Waals surface area contributed by atoms with Crippen molar-refractivity contribution >= 4 is 69.4 Å². The van der Waals surface area contributed by atoms with Gasteiger partial charge in [-0.2, -0.15) is 79.0 Å². The second-order valence-electron chi connectivity index (χ2n) is 32.5. The Kier molecular flexibility index (Phi) is 36.9. The van der Waals surface area contributed by atoms with Gasteiger partial charge in [0.05, 0.1) is 37.6 Å². The van der Waals surface area contributed by atoms with Crippen molar-refractivity contribution in [2.24, 2.45) is 0 Å². The summed E-state index contributed by atoms with van der Waals surface area (Å²) in [6.45, 7) is 1.78. The third-order valence-electron chi connectivity index (χ3n) is 23.9. The Morgan fingerprint density at radius 2 is 0.693 bits per heavy atom. The molecule has 0 aliphatic carbocycles. The summed E-state index contributed by atoms with van der Waals surface area (Å²) in [5.41, 5.74) is 9.75. The smallest absolute Gasteiger partial charge is 0.383 e. The van der Waals surface area contributed by atoms with E-state index in [0.717, 1.165) is 12.4 Å². The van der Waals surface area contributed by atoms with Crippen LogP contribution < -0.4 is 21.9 Å².